The van der Waals surface area contributed by atoms with E-state index in [4.69, 9.17) is 15.9 Å². The van der Waals surface area contributed by atoms with Crippen molar-refractivity contribution in [3.63, 3.8) is 0 Å². The summed E-state index contributed by atoms with van der Waals surface area (Å²) in [6.45, 7) is 5.00. The minimum atomic E-state index is 0.263. The van der Waals surface area contributed by atoms with Gasteiger partial charge in [-0.3, -0.25) is 10.2 Å². The molecule has 4 aromatic rings. The number of rotatable bonds is 6. The topological polar surface area (TPSA) is 88.2 Å². The van der Waals surface area contributed by atoms with Gasteiger partial charge in [0.1, 0.15) is 5.75 Å². The van der Waals surface area contributed by atoms with Crippen LogP contribution < -0.4 is 15.8 Å². The number of benzene rings is 2. The Labute approximate surface area is 197 Å². The van der Waals surface area contributed by atoms with Crippen LogP contribution in [0.1, 0.15) is 39.5 Å². The molecular weight excluding hydrogens is 438 g/mol. The highest BCUT2D eigenvalue weighted by molar-refractivity contribution is 7.21. The lowest BCUT2D eigenvalue weighted by molar-refractivity contribution is 0.112. The van der Waals surface area contributed by atoms with E-state index in [9.17, 15) is 4.79 Å². The Morgan fingerprint density at radius 2 is 1.91 bits per heavy atom. The first kappa shape index (κ1) is 25.3. The van der Waals surface area contributed by atoms with E-state index in [0.29, 0.717) is 28.8 Å². The zero-order valence-electron chi connectivity index (χ0n) is 18.8. The molecule has 5 nitrogen and oxygen atoms in total. The van der Waals surface area contributed by atoms with Crippen LogP contribution in [0.4, 0.5) is 5.69 Å². The Kier molecular flexibility index (Phi) is 10.1. The first-order valence-corrected chi connectivity index (χ1v) is 11.9. The van der Waals surface area contributed by atoms with Gasteiger partial charge in [-0.15, -0.1) is 22.7 Å². The van der Waals surface area contributed by atoms with Gasteiger partial charge in [0.2, 0.25) is 0 Å². The van der Waals surface area contributed by atoms with E-state index in [2.05, 4.69) is 22.8 Å². The molecule has 0 aliphatic carbocycles. The second-order valence-electron chi connectivity index (χ2n) is 6.40. The van der Waals surface area contributed by atoms with E-state index < -0.39 is 0 Å². The van der Waals surface area contributed by atoms with E-state index in [1.165, 1.54) is 23.3 Å². The third kappa shape index (κ3) is 6.03. The summed E-state index contributed by atoms with van der Waals surface area (Å²) in [6, 6.07) is 17.3. The Morgan fingerprint density at radius 3 is 2.50 bits per heavy atom. The fourth-order valence-electron chi connectivity index (χ4n) is 3.00. The monoisotopic (exact) mass is 467 g/mol. The van der Waals surface area contributed by atoms with Crippen LogP contribution in [0.2, 0.25) is 0 Å². The molecule has 2 aromatic heterocycles. The zero-order valence-corrected chi connectivity index (χ0v) is 20.4. The van der Waals surface area contributed by atoms with Crippen molar-refractivity contribution in [3.8, 4) is 5.75 Å². The van der Waals surface area contributed by atoms with Crippen molar-refractivity contribution < 1.29 is 9.53 Å². The number of carbonyl (C=O) groups excluding carboxylic acids is 1. The van der Waals surface area contributed by atoms with Crippen LogP contribution in [0.15, 0.2) is 60.0 Å². The largest absolute Gasteiger partial charge is 0.495 e. The molecule has 0 bridgehead atoms. The van der Waals surface area contributed by atoms with Crippen LogP contribution >= 0.6 is 22.7 Å². The lowest BCUT2D eigenvalue weighted by Crippen LogP contribution is -2.08. The van der Waals surface area contributed by atoms with Crippen molar-refractivity contribution in [2.75, 3.05) is 19.9 Å². The van der Waals surface area contributed by atoms with E-state index in [0.717, 1.165) is 21.5 Å². The fourth-order valence-corrected chi connectivity index (χ4v) is 4.74. The summed E-state index contributed by atoms with van der Waals surface area (Å²) < 4.78 is 6.42. The van der Waals surface area contributed by atoms with Crippen LogP contribution in [0.25, 0.3) is 10.1 Å². The molecule has 0 amide bonds. The Hall–Kier alpha value is -3.00. The molecule has 7 heteroatoms. The Bertz CT molecular complexity index is 1120. The lowest BCUT2D eigenvalue weighted by atomic mass is 10.0. The number of nitrogen functional groups attached to an aromatic ring is 1. The van der Waals surface area contributed by atoms with E-state index in [-0.39, 0.29) is 5.71 Å². The third-order valence-electron chi connectivity index (χ3n) is 4.40. The quantitative estimate of drug-likeness (QED) is 0.179. The fraction of sp³-hybridized carbons (Fsp3) is 0.200. The summed E-state index contributed by atoms with van der Waals surface area (Å²) in [4.78, 5) is 13.3. The molecule has 0 fully saturated rings. The number of anilines is 1. The molecule has 2 heterocycles. The van der Waals surface area contributed by atoms with E-state index in [1.54, 1.807) is 23.5 Å². The highest BCUT2D eigenvalue weighted by Crippen LogP contribution is 2.34. The summed E-state index contributed by atoms with van der Waals surface area (Å²) in [5.74, 6) is 0.345. The molecule has 4 rings (SSSR count). The van der Waals surface area contributed by atoms with Crippen LogP contribution in [0.5, 0.6) is 5.75 Å². The number of nitrogens with one attached hydrogen (secondary N) is 2. The average molecular weight is 468 g/mol. The first-order valence-electron chi connectivity index (χ1n) is 10.3. The van der Waals surface area contributed by atoms with E-state index in [1.807, 2.05) is 51.2 Å². The van der Waals surface area contributed by atoms with Gasteiger partial charge in [0, 0.05) is 21.8 Å². The van der Waals surface area contributed by atoms with Crippen molar-refractivity contribution in [2.24, 2.45) is 0 Å². The number of fused-ring (bicyclic) bond motifs is 1. The van der Waals surface area contributed by atoms with Crippen LogP contribution in [0, 0.1) is 5.41 Å². The van der Waals surface area contributed by atoms with Gasteiger partial charge in [-0.2, -0.15) is 0 Å². The molecule has 0 saturated carbocycles. The molecular formula is C25H29N3O2S2. The van der Waals surface area contributed by atoms with Crippen molar-refractivity contribution in [3.05, 3.63) is 80.9 Å². The number of hydrogen-bond donors (Lipinski definition) is 3. The van der Waals surface area contributed by atoms with Crippen molar-refractivity contribution in [2.45, 2.75) is 20.4 Å². The maximum atomic E-state index is 11.2. The van der Waals surface area contributed by atoms with Gasteiger partial charge in [-0.1, -0.05) is 38.1 Å². The predicted octanol–water partition coefficient (Wildman–Crippen LogP) is 6.21. The van der Waals surface area contributed by atoms with E-state index >= 15 is 0 Å². The predicted molar refractivity (Wildman–Crippen MR) is 139 cm³/mol. The second-order valence-corrected chi connectivity index (χ2v) is 8.52. The summed E-state index contributed by atoms with van der Waals surface area (Å²) in [7, 11) is 3.43. The Morgan fingerprint density at radius 1 is 1.16 bits per heavy atom. The molecule has 0 aliphatic rings. The normalized spacial score (nSPS) is 9.88. The van der Waals surface area contributed by atoms with Gasteiger partial charge in [-0.05, 0) is 48.1 Å². The summed E-state index contributed by atoms with van der Waals surface area (Å²) >= 11 is 3.30. The number of ether oxygens (including phenoxy) is 1. The molecule has 0 saturated heterocycles. The molecule has 0 atom stereocenters. The van der Waals surface area contributed by atoms with Gasteiger partial charge in [0.15, 0.2) is 6.29 Å². The summed E-state index contributed by atoms with van der Waals surface area (Å²) in [5, 5.41) is 14.7. The van der Waals surface area contributed by atoms with Crippen molar-refractivity contribution >= 4 is 50.4 Å². The smallest absolute Gasteiger partial charge is 0.153 e. The van der Waals surface area contributed by atoms with Gasteiger partial charge in [-0.25, -0.2) is 0 Å². The van der Waals surface area contributed by atoms with Gasteiger partial charge in [0.05, 0.1) is 28.8 Å². The minimum absolute atomic E-state index is 0.263. The lowest BCUT2D eigenvalue weighted by Gasteiger charge is -2.13. The number of hydrogen-bond acceptors (Lipinski definition) is 7. The van der Waals surface area contributed by atoms with Crippen molar-refractivity contribution in [1.29, 1.82) is 5.41 Å². The number of methoxy groups -OCH3 is 1. The van der Waals surface area contributed by atoms with Crippen LogP contribution in [-0.4, -0.2) is 26.2 Å². The number of thiophene rings is 2. The molecule has 0 unspecified atom stereocenters. The molecule has 32 heavy (non-hydrogen) atoms. The van der Waals surface area contributed by atoms with Gasteiger partial charge >= 0.3 is 0 Å². The average Bonchev–Trinajstić information content (AvgIpc) is 3.50. The third-order valence-corrected chi connectivity index (χ3v) is 6.41. The molecule has 0 spiro atoms. The maximum Gasteiger partial charge on any atom is 0.153 e. The standard InChI is InChI=1S/C17H14N2O2S.C6H9NS.C2H6/c1-21-17-11(9-20)6-7-12(18)15(17)16(19)14-8-10-4-2-3-5-13(10)22-14;1-7-5-6-3-2-4-8-6;1-2/h2-9,19H,18H2,1H3;2-4,7H,5H2,1H3;1-2H3. The highest BCUT2D eigenvalue weighted by Gasteiger charge is 2.19. The molecule has 0 aliphatic heterocycles. The summed E-state index contributed by atoms with van der Waals surface area (Å²) in [6.07, 6.45) is 0.708. The SMILES string of the molecule is CC.CNCc1cccs1.COc1c(C=O)ccc(N)c1C(=N)c1cc2ccccc2s1. The second kappa shape index (κ2) is 12.8. The van der Waals surface area contributed by atoms with Gasteiger partial charge in [0.25, 0.3) is 0 Å². The number of carbonyl (C=O) groups is 1. The highest BCUT2D eigenvalue weighted by atomic mass is 32.1. The number of aldehydes is 1. The number of nitrogens with two attached hydrogens (primary N) is 1. The molecule has 168 valence electrons. The maximum absolute atomic E-state index is 11.2. The minimum Gasteiger partial charge on any atom is -0.495 e. The van der Waals surface area contributed by atoms with Crippen LogP contribution in [-0.2, 0) is 6.54 Å². The van der Waals surface area contributed by atoms with Gasteiger partial charge < -0.3 is 15.8 Å². The molecule has 4 N–H and O–H groups in total. The summed E-state index contributed by atoms with van der Waals surface area (Å²) in [5.41, 5.74) is 7.55. The Balaban J connectivity index is 0.000000304. The van der Waals surface area contributed by atoms with Crippen molar-refractivity contribution in [1.82, 2.24) is 5.32 Å². The van der Waals surface area contributed by atoms with Crippen LogP contribution in [0.3, 0.4) is 0 Å². The molecule has 0 radical (unpaired) electrons. The zero-order chi connectivity index (χ0) is 23.5. The first-order chi connectivity index (χ1) is 15.6. The molecule has 2 aromatic carbocycles.